The highest BCUT2D eigenvalue weighted by atomic mass is 32.2. The molecule has 148 valence electrons. The molecule has 0 saturated heterocycles. The molecule has 0 bridgehead atoms. The molecule has 0 aliphatic carbocycles. The number of rotatable bonds is 8. The van der Waals surface area contributed by atoms with Crippen LogP contribution in [0, 0.1) is 11.6 Å². The fourth-order valence-electron chi connectivity index (χ4n) is 3.04. The molecule has 1 aromatic heterocycles. The summed E-state index contributed by atoms with van der Waals surface area (Å²) in [4.78, 5) is 5.33. The van der Waals surface area contributed by atoms with Crippen LogP contribution in [-0.4, -0.2) is 21.3 Å². The van der Waals surface area contributed by atoms with E-state index in [0.717, 1.165) is 28.2 Å². The zero-order valence-electron chi connectivity index (χ0n) is 16.0. The van der Waals surface area contributed by atoms with Gasteiger partial charge in [-0.15, -0.1) is 0 Å². The Balaban J connectivity index is 2.06. The van der Waals surface area contributed by atoms with Crippen molar-refractivity contribution in [3.63, 3.8) is 0 Å². The molecule has 0 aliphatic rings. The second-order valence-corrected chi connectivity index (χ2v) is 8.04. The third-order valence-corrected chi connectivity index (χ3v) is 5.46. The number of aromatic nitrogens is 2. The third-order valence-electron chi connectivity index (χ3n) is 4.36. The van der Waals surface area contributed by atoms with Crippen molar-refractivity contribution in [3.8, 4) is 0 Å². The van der Waals surface area contributed by atoms with Gasteiger partial charge in [-0.2, -0.15) is 0 Å². The molecular formula is C22H24F2N2OS. The monoisotopic (exact) mass is 402 g/mol. The number of aliphatic hydroxyl groups is 1. The predicted molar refractivity (Wildman–Crippen MR) is 108 cm³/mol. The van der Waals surface area contributed by atoms with Crippen LogP contribution in [0.1, 0.15) is 43.3 Å². The summed E-state index contributed by atoms with van der Waals surface area (Å²) in [7, 11) is 0. The van der Waals surface area contributed by atoms with Crippen molar-refractivity contribution in [2.45, 2.75) is 49.1 Å². The molecule has 0 unspecified atom stereocenters. The maximum absolute atomic E-state index is 13.7. The first kappa shape index (κ1) is 20.6. The molecule has 0 amide bonds. The summed E-state index contributed by atoms with van der Waals surface area (Å²) in [6, 6.07) is 13.6. The molecule has 1 N–H and O–H groups in total. The summed E-state index contributed by atoms with van der Waals surface area (Å²) in [5.41, 5.74) is 2.02. The summed E-state index contributed by atoms with van der Waals surface area (Å²) in [5.74, 6) is -0.154. The number of aryl methyl sites for hydroxylation is 1. The highest BCUT2D eigenvalue weighted by Gasteiger charge is 2.21. The molecule has 1 heterocycles. The Bertz CT molecular complexity index is 906. The van der Waals surface area contributed by atoms with Crippen LogP contribution in [0.15, 0.2) is 58.5 Å². The van der Waals surface area contributed by atoms with Crippen LogP contribution in [0.2, 0.25) is 0 Å². The van der Waals surface area contributed by atoms with Crippen LogP contribution < -0.4 is 0 Å². The Kier molecular flexibility index (Phi) is 6.86. The Morgan fingerprint density at radius 1 is 1.07 bits per heavy atom. The number of hydrogen-bond acceptors (Lipinski definition) is 3. The highest BCUT2D eigenvalue weighted by molar-refractivity contribution is 7.99. The molecule has 3 aromatic rings. The van der Waals surface area contributed by atoms with Gasteiger partial charge in [0, 0.05) is 30.5 Å². The van der Waals surface area contributed by atoms with Crippen molar-refractivity contribution in [1.82, 2.24) is 9.55 Å². The van der Waals surface area contributed by atoms with Gasteiger partial charge in [-0.25, -0.2) is 13.8 Å². The average molecular weight is 403 g/mol. The minimum Gasteiger partial charge on any atom is -0.396 e. The van der Waals surface area contributed by atoms with Crippen molar-refractivity contribution in [2.75, 3.05) is 6.61 Å². The number of aliphatic hydroxyl groups excluding tert-OH is 1. The smallest absolute Gasteiger partial charge is 0.127 e. The summed E-state index contributed by atoms with van der Waals surface area (Å²) < 4.78 is 29.5. The van der Waals surface area contributed by atoms with Crippen molar-refractivity contribution in [1.29, 1.82) is 0 Å². The zero-order valence-corrected chi connectivity index (χ0v) is 16.8. The molecule has 2 aromatic carbocycles. The van der Waals surface area contributed by atoms with Gasteiger partial charge in [-0.05, 0) is 30.0 Å². The lowest BCUT2D eigenvalue weighted by Gasteiger charge is -2.14. The van der Waals surface area contributed by atoms with Gasteiger partial charge in [0.2, 0.25) is 0 Å². The lowest BCUT2D eigenvalue weighted by atomic mass is 10.1. The number of nitrogens with zero attached hydrogens (tertiary/aromatic N) is 2. The van der Waals surface area contributed by atoms with Gasteiger partial charge in [0.25, 0.3) is 0 Å². The first-order valence-electron chi connectivity index (χ1n) is 9.36. The highest BCUT2D eigenvalue weighted by Crippen LogP contribution is 2.36. The number of benzene rings is 2. The van der Waals surface area contributed by atoms with E-state index in [1.54, 1.807) is 0 Å². The van der Waals surface area contributed by atoms with Crippen molar-refractivity contribution < 1.29 is 13.9 Å². The van der Waals surface area contributed by atoms with E-state index in [1.165, 1.54) is 23.9 Å². The molecule has 0 saturated carbocycles. The van der Waals surface area contributed by atoms with Gasteiger partial charge in [0.05, 0.1) is 5.69 Å². The Labute approximate surface area is 168 Å². The van der Waals surface area contributed by atoms with Gasteiger partial charge >= 0.3 is 0 Å². The molecule has 0 aliphatic heterocycles. The molecule has 0 atom stereocenters. The number of imidazole rings is 1. The van der Waals surface area contributed by atoms with E-state index < -0.39 is 11.6 Å². The first-order valence-corrected chi connectivity index (χ1v) is 10.2. The van der Waals surface area contributed by atoms with Crippen LogP contribution in [0.5, 0.6) is 0 Å². The molecule has 6 heteroatoms. The molecular weight excluding hydrogens is 378 g/mol. The fourth-order valence-corrected chi connectivity index (χ4v) is 4.27. The number of hydrogen-bond donors (Lipinski definition) is 1. The van der Waals surface area contributed by atoms with E-state index in [9.17, 15) is 13.9 Å². The predicted octanol–water partition coefficient (Wildman–Crippen LogP) is 5.41. The van der Waals surface area contributed by atoms with E-state index in [0.29, 0.717) is 24.3 Å². The Hall–Kier alpha value is -2.18. The molecule has 3 nitrogen and oxygen atoms in total. The van der Waals surface area contributed by atoms with Gasteiger partial charge in [-0.3, -0.25) is 0 Å². The van der Waals surface area contributed by atoms with E-state index in [2.05, 4.69) is 18.4 Å². The molecule has 0 radical (unpaired) electrons. The summed E-state index contributed by atoms with van der Waals surface area (Å²) in [6.07, 6.45) is 1.25. The van der Waals surface area contributed by atoms with E-state index in [-0.39, 0.29) is 12.5 Å². The maximum atomic E-state index is 13.7. The second kappa shape index (κ2) is 9.34. The molecule has 3 rings (SSSR count). The first-order chi connectivity index (χ1) is 13.5. The maximum Gasteiger partial charge on any atom is 0.127 e. The van der Waals surface area contributed by atoms with Gasteiger partial charge in [0.15, 0.2) is 0 Å². The van der Waals surface area contributed by atoms with Crippen LogP contribution >= 0.6 is 11.8 Å². The number of halogens is 2. The fraction of sp³-hybridized carbons (Fsp3) is 0.318. The van der Waals surface area contributed by atoms with Gasteiger partial charge in [-0.1, -0.05) is 55.9 Å². The standard InChI is InChI=1S/C22H24F2N2OS/c1-15(2)21-22(28-19-12-17(23)11-18(24)13-19)26(20(25-21)9-6-10-27)14-16-7-4-3-5-8-16/h3-5,7-8,11-13,15,27H,6,9-10,14H2,1-2H3. The minimum absolute atomic E-state index is 0.0901. The van der Waals surface area contributed by atoms with Crippen molar-refractivity contribution in [3.05, 3.63) is 77.2 Å². The minimum atomic E-state index is -0.594. The zero-order chi connectivity index (χ0) is 20.1. The molecule has 0 spiro atoms. The third kappa shape index (κ3) is 5.00. The Morgan fingerprint density at radius 3 is 2.36 bits per heavy atom. The molecule has 28 heavy (non-hydrogen) atoms. The van der Waals surface area contributed by atoms with E-state index in [4.69, 9.17) is 4.98 Å². The van der Waals surface area contributed by atoms with Crippen molar-refractivity contribution >= 4 is 11.8 Å². The average Bonchev–Trinajstić information content (AvgIpc) is 2.97. The Morgan fingerprint density at radius 2 is 1.75 bits per heavy atom. The topological polar surface area (TPSA) is 38.1 Å². The summed E-state index contributed by atoms with van der Waals surface area (Å²) in [6.45, 7) is 4.82. The van der Waals surface area contributed by atoms with Crippen LogP contribution in [0.3, 0.4) is 0 Å². The summed E-state index contributed by atoms with van der Waals surface area (Å²) >= 11 is 1.33. The lowest BCUT2D eigenvalue weighted by molar-refractivity contribution is 0.287. The molecule has 0 fully saturated rings. The van der Waals surface area contributed by atoms with Crippen molar-refractivity contribution in [2.24, 2.45) is 0 Å². The summed E-state index contributed by atoms with van der Waals surface area (Å²) in [5, 5.41) is 10.2. The normalized spacial score (nSPS) is 11.4. The van der Waals surface area contributed by atoms with E-state index >= 15 is 0 Å². The lowest BCUT2D eigenvalue weighted by Crippen LogP contribution is -2.07. The SMILES string of the molecule is CC(C)c1nc(CCCO)n(Cc2ccccc2)c1Sc1cc(F)cc(F)c1. The van der Waals surface area contributed by atoms with Crippen LogP contribution in [-0.2, 0) is 13.0 Å². The van der Waals surface area contributed by atoms with Crippen LogP contribution in [0.25, 0.3) is 0 Å². The van der Waals surface area contributed by atoms with Gasteiger partial charge < -0.3 is 9.67 Å². The second-order valence-electron chi connectivity index (χ2n) is 6.98. The quantitative estimate of drug-likeness (QED) is 0.548. The largest absolute Gasteiger partial charge is 0.396 e. The van der Waals surface area contributed by atoms with Crippen LogP contribution in [0.4, 0.5) is 8.78 Å². The van der Waals surface area contributed by atoms with E-state index in [1.807, 2.05) is 30.3 Å². The van der Waals surface area contributed by atoms with Gasteiger partial charge in [0.1, 0.15) is 22.5 Å².